The summed E-state index contributed by atoms with van der Waals surface area (Å²) in [7, 11) is 0. The van der Waals surface area contributed by atoms with Crippen molar-refractivity contribution >= 4 is 16.7 Å². The molecule has 0 spiro atoms. The number of hydrogen-bond donors (Lipinski definition) is 1. The minimum atomic E-state index is 0.501. The Morgan fingerprint density at radius 3 is 2.90 bits per heavy atom. The van der Waals surface area contributed by atoms with Gasteiger partial charge in [-0.3, -0.25) is 4.98 Å². The van der Waals surface area contributed by atoms with Gasteiger partial charge in [-0.2, -0.15) is 0 Å². The third-order valence-corrected chi connectivity index (χ3v) is 2.99. The second-order valence-corrected chi connectivity index (χ2v) is 4.63. The first kappa shape index (κ1) is 13.3. The zero-order valence-corrected chi connectivity index (χ0v) is 11.8. The van der Waals surface area contributed by atoms with Gasteiger partial charge in [-0.1, -0.05) is 25.1 Å². The van der Waals surface area contributed by atoms with Gasteiger partial charge < -0.3 is 10.1 Å². The van der Waals surface area contributed by atoms with Crippen molar-refractivity contribution in [3.63, 3.8) is 0 Å². The summed E-state index contributed by atoms with van der Waals surface area (Å²) in [6.45, 7) is 2.97. The molecular weight excluding hydrogens is 264 g/mol. The lowest BCUT2D eigenvalue weighted by molar-refractivity contribution is 0.460. The molecule has 106 valence electrons. The average Bonchev–Trinajstić information content (AvgIpc) is 2.53. The Balaban J connectivity index is 1.81. The highest BCUT2D eigenvalue weighted by Gasteiger charge is 2.03. The van der Waals surface area contributed by atoms with E-state index in [1.165, 1.54) is 6.33 Å². The molecule has 0 unspecified atom stereocenters. The fourth-order valence-corrected chi connectivity index (χ4v) is 1.97. The molecule has 0 radical (unpaired) electrons. The summed E-state index contributed by atoms with van der Waals surface area (Å²) >= 11 is 0. The van der Waals surface area contributed by atoms with Crippen LogP contribution in [0.3, 0.4) is 0 Å². The van der Waals surface area contributed by atoms with Gasteiger partial charge in [-0.05, 0) is 18.6 Å². The molecule has 2 heterocycles. The van der Waals surface area contributed by atoms with E-state index in [4.69, 9.17) is 4.74 Å². The smallest absolute Gasteiger partial charge is 0.224 e. The maximum Gasteiger partial charge on any atom is 0.224 e. The van der Waals surface area contributed by atoms with Crippen molar-refractivity contribution in [3.05, 3.63) is 48.9 Å². The number of hydrogen-bond acceptors (Lipinski definition) is 5. The second-order valence-electron chi connectivity index (χ2n) is 4.63. The number of aromatic nitrogens is 3. The Hall–Kier alpha value is -2.69. The van der Waals surface area contributed by atoms with Crippen molar-refractivity contribution in [1.82, 2.24) is 15.0 Å². The highest BCUT2D eigenvalue weighted by molar-refractivity contribution is 5.79. The van der Waals surface area contributed by atoms with Crippen molar-refractivity contribution in [2.75, 3.05) is 11.9 Å². The summed E-state index contributed by atoms with van der Waals surface area (Å²) in [4.78, 5) is 12.6. The van der Waals surface area contributed by atoms with Gasteiger partial charge in [0.05, 0.1) is 11.7 Å². The highest BCUT2D eigenvalue weighted by atomic mass is 16.5. The number of nitrogens with one attached hydrogen (secondary N) is 1. The fraction of sp³-hybridized carbons (Fsp3) is 0.188. The summed E-state index contributed by atoms with van der Waals surface area (Å²) in [5, 5.41) is 4.24. The molecule has 0 aliphatic carbocycles. The number of pyridine rings is 1. The molecule has 1 aromatic carbocycles. The van der Waals surface area contributed by atoms with Crippen molar-refractivity contribution in [2.45, 2.75) is 13.3 Å². The zero-order chi connectivity index (χ0) is 14.5. The molecule has 0 aliphatic heterocycles. The van der Waals surface area contributed by atoms with Crippen LogP contribution in [0, 0.1) is 0 Å². The Morgan fingerprint density at radius 2 is 2.00 bits per heavy atom. The summed E-state index contributed by atoms with van der Waals surface area (Å²) in [6, 6.07) is 11.6. The van der Waals surface area contributed by atoms with E-state index < -0.39 is 0 Å². The highest BCUT2D eigenvalue weighted by Crippen LogP contribution is 2.23. The van der Waals surface area contributed by atoms with Gasteiger partial charge in [0.1, 0.15) is 17.9 Å². The number of fused-ring (bicyclic) bond motifs is 1. The van der Waals surface area contributed by atoms with Crippen LogP contribution >= 0.6 is 0 Å². The van der Waals surface area contributed by atoms with Crippen LogP contribution in [0.2, 0.25) is 0 Å². The van der Waals surface area contributed by atoms with E-state index in [0.717, 1.165) is 29.7 Å². The summed E-state index contributed by atoms with van der Waals surface area (Å²) < 4.78 is 5.75. The van der Waals surface area contributed by atoms with Gasteiger partial charge in [0.2, 0.25) is 5.88 Å². The molecular formula is C16H16N4O. The Morgan fingerprint density at radius 1 is 1.10 bits per heavy atom. The third-order valence-electron chi connectivity index (χ3n) is 2.99. The monoisotopic (exact) mass is 280 g/mol. The van der Waals surface area contributed by atoms with Crippen molar-refractivity contribution in [1.29, 1.82) is 0 Å². The Labute approximate surface area is 123 Å². The van der Waals surface area contributed by atoms with Gasteiger partial charge in [0.15, 0.2) is 0 Å². The molecule has 0 saturated carbocycles. The zero-order valence-electron chi connectivity index (χ0n) is 11.8. The molecule has 1 N–H and O–H groups in total. The molecule has 3 rings (SSSR count). The largest absolute Gasteiger partial charge is 0.437 e. The molecule has 3 aromatic rings. The maximum absolute atomic E-state index is 5.75. The van der Waals surface area contributed by atoms with E-state index in [2.05, 4.69) is 27.2 Å². The Bertz CT molecular complexity index is 745. The predicted octanol–water partition coefficient (Wildman–Crippen LogP) is 3.64. The van der Waals surface area contributed by atoms with Crippen LogP contribution in [0.1, 0.15) is 13.3 Å². The lowest BCUT2D eigenvalue weighted by Gasteiger charge is -2.07. The minimum Gasteiger partial charge on any atom is -0.437 e. The van der Waals surface area contributed by atoms with Crippen LogP contribution in [-0.2, 0) is 0 Å². The summed E-state index contributed by atoms with van der Waals surface area (Å²) in [5.41, 5.74) is 0.942. The third kappa shape index (κ3) is 3.25. The van der Waals surface area contributed by atoms with Crippen LogP contribution in [-0.4, -0.2) is 21.5 Å². The SMILES string of the molecule is CCCNc1cc(Oc2cnc3ccccc3c2)ncn1. The van der Waals surface area contributed by atoms with Gasteiger partial charge in [0.25, 0.3) is 0 Å². The van der Waals surface area contributed by atoms with E-state index >= 15 is 0 Å². The van der Waals surface area contributed by atoms with Crippen LogP contribution in [0.5, 0.6) is 11.6 Å². The first-order valence-corrected chi connectivity index (χ1v) is 6.94. The number of ether oxygens (including phenoxy) is 1. The van der Waals surface area contributed by atoms with E-state index in [-0.39, 0.29) is 0 Å². The normalized spacial score (nSPS) is 10.5. The first-order chi connectivity index (χ1) is 10.3. The standard InChI is InChI=1S/C16H16N4O/c1-2-7-17-15-9-16(20-11-19-15)21-13-8-12-5-3-4-6-14(12)18-10-13/h3-6,8-11H,2,7H2,1H3,(H,17,19,20). The maximum atomic E-state index is 5.75. The van der Waals surface area contributed by atoms with Crippen LogP contribution in [0.15, 0.2) is 48.9 Å². The van der Waals surface area contributed by atoms with E-state index in [0.29, 0.717) is 11.6 Å². The second kappa shape index (κ2) is 6.17. The molecule has 5 heteroatoms. The molecule has 2 aromatic heterocycles. The fourth-order valence-electron chi connectivity index (χ4n) is 1.97. The number of nitrogens with zero attached hydrogens (tertiary/aromatic N) is 3. The first-order valence-electron chi connectivity index (χ1n) is 6.94. The van der Waals surface area contributed by atoms with Crippen LogP contribution < -0.4 is 10.1 Å². The number of benzene rings is 1. The quantitative estimate of drug-likeness (QED) is 0.773. The lowest BCUT2D eigenvalue weighted by Crippen LogP contribution is -2.02. The number of rotatable bonds is 5. The van der Waals surface area contributed by atoms with Crippen molar-refractivity contribution in [2.24, 2.45) is 0 Å². The molecule has 0 atom stereocenters. The van der Waals surface area contributed by atoms with Crippen molar-refractivity contribution < 1.29 is 4.74 Å². The van der Waals surface area contributed by atoms with Gasteiger partial charge in [-0.15, -0.1) is 0 Å². The lowest BCUT2D eigenvalue weighted by atomic mass is 10.2. The number of anilines is 1. The molecule has 0 fully saturated rings. The van der Waals surface area contributed by atoms with Gasteiger partial charge in [-0.25, -0.2) is 9.97 Å². The summed E-state index contributed by atoms with van der Waals surface area (Å²) in [6.07, 6.45) is 4.22. The topological polar surface area (TPSA) is 59.9 Å². The number of para-hydroxylation sites is 1. The minimum absolute atomic E-state index is 0.501. The van der Waals surface area contributed by atoms with E-state index in [9.17, 15) is 0 Å². The molecule has 5 nitrogen and oxygen atoms in total. The molecule has 21 heavy (non-hydrogen) atoms. The van der Waals surface area contributed by atoms with Gasteiger partial charge in [0, 0.05) is 18.0 Å². The molecule has 0 bridgehead atoms. The van der Waals surface area contributed by atoms with E-state index in [1.807, 2.05) is 30.3 Å². The van der Waals surface area contributed by atoms with Crippen LogP contribution in [0.25, 0.3) is 10.9 Å². The predicted molar refractivity (Wildman–Crippen MR) is 82.6 cm³/mol. The Kier molecular flexibility index (Phi) is 3.91. The van der Waals surface area contributed by atoms with Crippen LogP contribution in [0.4, 0.5) is 5.82 Å². The molecule has 0 amide bonds. The van der Waals surface area contributed by atoms with Gasteiger partial charge >= 0.3 is 0 Å². The average molecular weight is 280 g/mol. The molecule has 0 aliphatic rings. The van der Waals surface area contributed by atoms with E-state index in [1.54, 1.807) is 12.3 Å². The van der Waals surface area contributed by atoms with Crippen molar-refractivity contribution in [3.8, 4) is 11.6 Å². The summed E-state index contributed by atoms with van der Waals surface area (Å²) in [5.74, 6) is 1.92. The molecule has 0 saturated heterocycles.